The Hall–Kier alpha value is -3.06. The third kappa shape index (κ3) is 5.22. The van der Waals surface area contributed by atoms with Gasteiger partial charge in [0.15, 0.2) is 0 Å². The van der Waals surface area contributed by atoms with Crippen LogP contribution < -0.4 is 10.6 Å². The standard InChI is InChI=1S/C25H29F2N3O2/c1-25(2,3)23(29-14-22(31)28-4)24(32)30-15-17(19-13-18(26)10-11-20(19)27)12-21(30)16-8-6-5-7-9-16/h5-13,21,23,29H,14-15H2,1-4H3,(H,28,31)/t21-,23+/m0/s1. The number of hydrogen-bond donors (Lipinski definition) is 2. The Morgan fingerprint density at radius 1 is 1.12 bits per heavy atom. The Morgan fingerprint density at radius 3 is 2.44 bits per heavy atom. The van der Waals surface area contributed by atoms with Gasteiger partial charge in [0.1, 0.15) is 11.6 Å². The minimum Gasteiger partial charge on any atom is -0.358 e. The minimum absolute atomic E-state index is 0.00711. The molecule has 32 heavy (non-hydrogen) atoms. The molecule has 0 bridgehead atoms. The molecule has 2 N–H and O–H groups in total. The Labute approximate surface area is 187 Å². The summed E-state index contributed by atoms with van der Waals surface area (Å²) in [6.45, 7) is 5.88. The van der Waals surface area contributed by atoms with Crippen molar-refractivity contribution in [1.82, 2.24) is 15.5 Å². The van der Waals surface area contributed by atoms with E-state index in [1.165, 1.54) is 7.05 Å². The fourth-order valence-electron chi connectivity index (χ4n) is 3.89. The smallest absolute Gasteiger partial charge is 0.241 e. The highest BCUT2D eigenvalue weighted by atomic mass is 19.1. The highest BCUT2D eigenvalue weighted by Crippen LogP contribution is 2.37. The molecule has 0 saturated carbocycles. The molecule has 2 atom stereocenters. The summed E-state index contributed by atoms with van der Waals surface area (Å²) in [6.07, 6.45) is 1.81. The first-order chi connectivity index (χ1) is 15.1. The Kier molecular flexibility index (Phi) is 7.09. The second-order valence-corrected chi connectivity index (χ2v) is 8.99. The van der Waals surface area contributed by atoms with Gasteiger partial charge in [-0.3, -0.25) is 14.9 Å². The van der Waals surface area contributed by atoms with Gasteiger partial charge in [-0.2, -0.15) is 0 Å². The predicted octanol–water partition coefficient (Wildman–Crippen LogP) is 3.68. The van der Waals surface area contributed by atoms with Crippen molar-refractivity contribution < 1.29 is 18.4 Å². The molecule has 0 spiro atoms. The lowest BCUT2D eigenvalue weighted by molar-refractivity contribution is -0.136. The summed E-state index contributed by atoms with van der Waals surface area (Å²) in [5.74, 6) is -1.51. The molecule has 0 aliphatic carbocycles. The van der Waals surface area contributed by atoms with Gasteiger partial charge in [0.05, 0.1) is 18.6 Å². The maximum Gasteiger partial charge on any atom is 0.241 e. The van der Waals surface area contributed by atoms with Crippen LogP contribution in [0.1, 0.15) is 37.9 Å². The van der Waals surface area contributed by atoms with Crippen LogP contribution in [0.25, 0.3) is 5.57 Å². The van der Waals surface area contributed by atoms with Crippen molar-refractivity contribution in [2.45, 2.75) is 32.9 Å². The van der Waals surface area contributed by atoms with E-state index in [0.29, 0.717) is 5.57 Å². The van der Waals surface area contributed by atoms with Crippen molar-refractivity contribution in [2.24, 2.45) is 5.41 Å². The van der Waals surface area contributed by atoms with Crippen molar-refractivity contribution >= 4 is 17.4 Å². The predicted molar refractivity (Wildman–Crippen MR) is 121 cm³/mol. The summed E-state index contributed by atoms with van der Waals surface area (Å²) >= 11 is 0. The van der Waals surface area contributed by atoms with Crippen LogP contribution in [0.3, 0.4) is 0 Å². The molecule has 1 aliphatic rings. The van der Waals surface area contributed by atoms with Crippen molar-refractivity contribution in [3.63, 3.8) is 0 Å². The zero-order chi connectivity index (χ0) is 23.5. The summed E-state index contributed by atoms with van der Waals surface area (Å²) in [5.41, 5.74) is 1.07. The number of nitrogens with zero attached hydrogens (tertiary/aromatic N) is 1. The van der Waals surface area contributed by atoms with Gasteiger partial charge >= 0.3 is 0 Å². The van der Waals surface area contributed by atoms with Crippen LogP contribution in [-0.4, -0.2) is 42.9 Å². The Bertz CT molecular complexity index is 1020. The molecule has 0 saturated heterocycles. The molecule has 0 aromatic heterocycles. The Balaban J connectivity index is 1.98. The number of likely N-dealkylation sites (N-methyl/N-ethyl adjacent to an activating group) is 1. The van der Waals surface area contributed by atoms with Crippen LogP contribution in [0.4, 0.5) is 8.78 Å². The molecule has 2 amide bonds. The van der Waals surface area contributed by atoms with Crippen molar-refractivity contribution in [2.75, 3.05) is 20.1 Å². The topological polar surface area (TPSA) is 61.4 Å². The molecule has 1 aliphatic heterocycles. The monoisotopic (exact) mass is 441 g/mol. The fraction of sp³-hybridized carbons (Fsp3) is 0.360. The molecule has 170 valence electrons. The normalized spacial score (nSPS) is 17.1. The molecule has 0 unspecified atom stereocenters. The first-order valence-electron chi connectivity index (χ1n) is 10.6. The molecule has 0 fully saturated rings. The van der Waals surface area contributed by atoms with Gasteiger partial charge in [-0.15, -0.1) is 0 Å². The van der Waals surface area contributed by atoms with E-state index in [1.807, 2.05) is 57.2 Å². The summed E-state index contributed by atoms with van der Waals surface area (Å²) < 4.78 is 28.4. The Morgan fingerprint density at radius 2 is 1.81 bits per heavy atom. The van der Waals surface area contributed by atoms with Crippen LogP contribution in [0.5, 0.6) is 0 Å². The summed E-state index contributed by atoms with van der Waals surface area (Å²) in [5, 5.41) is 5.61. The maximum absolute atomic E-state index is 14.5. The lowest BCUT2D eigenvalue weighted by Crippen LogP contribution is -2.54. The highest BCUT2D eigenvalue weighted by Gasteiger charge is 2.39. The zero-order valence-corrected chi connectivity index (χ0v) is 18.8. The van der Waals surface area contributed by atoms with Crippen molar-refractivity contribution in [3.8, 4) is 0 Å². The van der Waals surface area contributed by atoms with Gasteiger partial charge in [-0.25, -0.2) is 8.78 Å². The van der Waals surface area contributed by atoms with Crippen molar-refractivity contribution in [1.29, 1.82) is 0 Å². The number of hydrogen-bond acceptors (Lipinski definition) is 3. The molecule has 0 radical (unpaired) electrons. The average Bonchev–Trinajstić information content (AvgIpc) is 3.20. The van der Waals surface area contributed by atoms with Crippen LogP contribution in [0, 0.1) is 17.0 Å². The molecule has 5 nitrogen and oxygen atoms in total. The van der Waals surface area contributed by atoms with Gasteiger partial charge in [0.2, 0.25) is 11.8 Å². The number of benzene rings is 2. The zero-order valence-electron chi connectivity index (χ0n) is 18.8. The average molecular weight is 442 g/mol. The molecule has 7 heteroatoms. The van der Waals surface area contributed by atoms with E-state index in [2.05, 4.69) is 10.6 Å². The molecular weight excluding hydrogens is 412 g/mol. The highest BCUT2D eigenvalue weighted by molar-refractivity contribution is 5.88. The van der Waals surface area contributed by atoms with Crippen LogP contribution in [0.15, 0.2) is 54.6 Å². The molecule has 2 aromatic carbocycles. The van der Waals surface area contributed by atoms with E-state index in [0.717, 1.165) is 23.8 Å². The number of amides is 2. The van der Waals surface area contributed by atoms with Gasteiger partial charge in [-0.1, -0.05) is 57.2 Å². The minimum atomic E-state index is -0.656. The van der Waals surface area contributed by atoms with E-state index in [1.54, 1.807) is 4.90 Å². The molecule has 1 heterocycles. The fourth-order valence-corrected chi connectivity index (χ4v) is 3.89. The second-order valence-electron chi connectivity index (χ2n) is 8.99. The lowest BCUT2D eigenvalue weighted by atomic mass is 9.85. The summed E-state index contributed by atoms with van der Waals surface area (Å²) in [4.78, 5) is 27.2. The second kappa shape index (κ2) is 9.61. The maximum atomic E-state index is 14.5. The first kappa shape index (κ1) is 23.6. The quantitative estimate of drug-likeness (QED) is 0.719. The van der Waals surface area contributed by atoms with Crippen molar-refractivity contribution in [3.05, 3.63) is 77.4 Å². The van der Waals surface area contributed by atoms with E-state index >= 15 is 0 Å². The summed E-state index contributed by atoms with van der Waals surface area (Å²) in [6, 6.07) is 11.7. The number of carbonyl (C=O) groups excluding carboxylic acids is 2. The third-order valence-corrected chi connectivity index (χ3v) is 5.59. The van der Waals surface area contributed by atoms with E-state index in [4.69, 9.17) is 0 Å². The number of nitrogens with one attached hydrogen (secondary N) is 2. The molecular formula is C25H29F2N3O2. The number of rotatable bonds is 6. The van der Waals surface area contributed by atoms with Gasteiger partial charge in [0, 0.05) is 19.2 Å². The molecule has 2 aromatic rings. The van der Waals surface area contributed by atoms with E-state index in [-0.39, 0.29) is 30.5 Å². The lowest BCUT2D eigenvalue weighted by Gasteiger charge is -2.36. The third-order valence-electron chi connectivity index (χ3n) is 5.59. The number of carbonyl (C=O) groups is 2. The van der Waals surface area contributed by atoms with Gasteiger partial charge < -0.3 is 10.2 Å². The molecule has 3 rings (SSSR count). The van der Waals surface area contributed by atoms with Gasteiger partial charge in [0.25, 0.3) is 0 Å². The van der Waals surface area contributed by atoms with Crippen LogP contribution in [-0.2, 0) is 9.59 Å². The SMILES string of the molecule is CNC(=O)CN[C@H](C(=O)N1CC(c2cc(F)ccc2F)=C[C@H]1c1ccccc1)C(C)(C)C. The van der Waals surface area contributed by atoms with E-state index in [9.17, 15) is 18.4 Å². The largest absolute Gasteiger partial charge is 0.358 e. The van der Waals surface area contributed by atoms with E-state index < -0.39 is 29.1 Å². The van der Waals surface area contributed by atoms with Crippen LogP contribution in [0.2, 0.25) is 0 Å². The summed E-state index contributed by atoms with van der Waals surface area (Å²) in [7, 11) is 1.54. The van der Waals surface area contributed by atoms with Crippen LogP contribution >= 0.6 is 0 Å². The first-order valence-corrected chi connectivity index (χ1v) is 10.6. The van der Waals surface area contributed by atoms with Gasteiger partial charge in [-0.05, 0) is 34.8 Å². The number of halogens is 2.